The second-order valence-electron chi connectivity index (χ2n) is 4.12. The maximum Gasteiger partial charge on any atom is 0.157 e. The van der Waals surface area contributed by atoms with Crippen LogP contribution in [0.1, 0.15) is 32.1 Å². The average Bonchev–Trinajstić information content (AvgIpc) is 2.84. The fraction of sp³-hybridized carbons (Fsp3) is 1.00. The molecule has 1 unspecified atom stereocenters. The maximum atomic E-state index is 5.70. The molecule has 0 amide bonds. The van der Waals surface area contributed by atoms with E-state index in [9.17, 15) is 0 Å². The number of hydrogen-bond donors (Lipinski definition) is 1. The second-order valence-corrected chi connectivity index (χ2v) is 4.12. The van der Waals surface area contributed by atoms with Gasteiger partial charge < -0.3 is 15.2 Å². The number of rotatable bonds is 4. The van der Waals surface area contributed by atoms with Gasteiger partial charge in [-0.3, -0.25) is 0 Å². The zero-order valence-corrected chi connectivity index (χ0v) is 8.08. The van der Waals surface area contributed by atoms with Gasteiger partial charge in [-0.2, -0.15) is 0 Å². The summed E-state index contributed by atoms with van der Waals surface area (Å²) in [6.07, 6.45) is 5.87. The molecule has 1 saturated carbocycles. The van der Waals surface area contributed by atoms with Gasteiger partial charge >= 0.3 is 0 Å². The van der Waals surface area contributed by atoms with Crippen molar-refractivity contribution >= 4 is 0 Å². The van der Waals surface area contributed by atoms with Gasteiger partial charge in [0.25, 0.3) is 0 Å². The van der Waals surface area contributed by atoms with E-state index in [2.05, 4.69) is 0 Å². The first-order valence-corrected chi connectivity index (χ1v) is 5.35. The van der Waals surface area contributed by atoms with E-state index in [1.807, 2.05) is 0 Å². The van der Waals surface area contributed by atoms with Crippen molar-refractivity contribution in [3.05, 3.63) is 0 Å². The van der Waals surface area contributed by atoms with Crippen molar-refractivity contribution in [2.24, 2.45) is 11.7 Å². The van der Waals surface area contributed by atoms with Gasteiger partial charge in [0, 0.05) is 12.6 Å². The fourth-order valence-corrected chi connectivity index (χ4v) is 1.80. The van der Waals surface area contributed by atoms with E-state index >= 15 is 0 Å². The van der Waals surface area contributed by atoms with Crippen molar-refractivity contribution in [2.45, 2.75) is 44.4 Å². The molecule has 76 valence electrons. The van der Waals surface area contributed by atoms with Gasteiger partial charge in [0.1, 0.15) is 0 Å². The first-order valence-electron chi connectivity index (χ1n) is 5.35. The zero-order chi connectivity index (χ0) is 9.10. The molecule has 0 bridgehead atoms. The van der Waals surface area contributed by atoms with Crippen LogP contribution in [-0.4, -0.2) is 25.5 Å². The third kappa shape index (κ3) is 2.93. The lowest BCUT2D eigenvalue weighted by atomic mass is 10.2. The van der Waals surface area contributed by atoms with Crippen molar-refractivity contribution in [2.75, 3.05) is 13.2 Å². The van der Waals surface area contributed by atoms with E-state index < -0.39 is 0 Å². The fourth-order valence-electron chi connectivity index (χ4n) is 1.80. The van der Waals surface area contributed by atoms with E-state index in [-0.39, 0.29) is 6.29 Å². The van der Waals surface area contributed by atoms with Gasteiger partial charge in [-0.05, 0) is 38.0 Å². The summed E-state index contributed by atoms with van der Waals surface area (Å²) in [6.45, 7) is 1.69. The molecule has 2 fully saturated rings. The van der Waals surface area contributed by atoms with Crippen molar-refractivity contribution in [1.29, 1.82) is 0 Å². The summed E-state index contributed by atoms with van der Waals surface area (Å²) < 4.78 is 11.1. The lowest BCUT2D eigenvalue weighted by Gasteiger charge is -2.22. The Morgan fingerprint density at radius 2 is 2.23 bits per heavy atom. The highest BCUT2D eigenvalue weighted by Crippen LogP contribution is 2.31. The van der Waals surface area contributed by atoms with Crippen LogP contribution in [0.2, 0.25) is 0 Å². The summed E-state index contributed by atoms with van der Waals surface area (Å²) in [5, 5.41) is 0. The molecule has 0 aromatic carbocycles. The molecular formula is C10H19NO2. The Balaban J connectivity index is 1.51. The van der Waals surface area contributed by atoms with E-state index in [1.54, 1.807) is 0 Å². The number of nitrogens with two attached hydrogens (primary N) is 1. The predicted molar refractivity (Wildman–Crippen MR) is 50.2 cm³/mol. The quantitative estimate of drug-likeness (QED) is 0.717. The topological polar surface area (TPSA) is 44.5 Å². The molecular weight excluding hydrogens is 166 g/mol. The normalized spacial score (nSPS) is 39.0. The van der Waals surface area contributed by atoms with Gasteiger partial charge in [-0.25, -0.2) is 0 Å². The third-order valence-corrected chi connectivity index (χ3v) is 2.91. The molecule has 3 heteroatoms. The molecule has 0 spiro atoms. The first-order chi connectivity index (χ1) is 6.36. The Morgan fingerprint density at radius 3 is 2.85 bits per heavy atom. The van der Waals surface area contributed by atoms with Crippen LogP contribution in [0.15, 0.2) is 0 Å². The third-order valence-electron chi connectivity index (χ3n) is 2.91. The average molecular weight is 185 g/mol. The van der Waals surface area contributed by atoms with E-state index in [4.69, 9.17) is 15.2 Å². The number of ether oxygens (including phenoxy) is 2. The van der Waals surface area contributed by atoms with Crippen LogP contribution < -0.4 is 5.73 Å². The van der Waals surface area contributed by atoms with E-state index in [1.165, 1.54) is 19.3 Å². The van der Waals surface area contributed by atoms with Crippen LogP contribution in [0, 0.1) is 5.92 Å². The smallest absolute Gasteiger partial charge is 0.157 e. The predicted octanol–water partition coefficient (Wildman–Crippen LogP) is 1.27. The lowest BCUT2D eigenvalue weighted by molar-refractivity contribution is -0.163. The molecule has 1 aliphatic carbocycles. The minimum atomic E-state index is 0.0729. The second kappa shape index (κ2) is 4.40. The zero-order valence-electron chi connectivity index (χ0n) is 8.08. The van der Waals surface area contributed by atoms with Crippen molar-refractivity contribution in [1.82, 2.24) is 0 Å². The molecule has 1 aliphatic heterocycles. The van der Waals surface area contributed by atoms with Crippen LogP contribution in [0.3, 0.4) is 0 Å². The van der Waals surface area contributed by atoms with Crippen LogP contribution in [0.5, 0.6) is 0 Å². The molecule has 0 aromatic rings. The molecule has 2 rings (SSSR count). The molecule has 2 N–H and O–H groups in total. The molecule has 3 nitrogen and oxygen atoms in total. The largest absolute Gasteiger partial charge is 0.353 e. The summed E-state index contributed by atoms with van der Waals surface area (Å²) >= 11 is 0. The minimum Gasteiger partial charge on any atom is -0.353 e. The molecule has 1 heterocycles. The molecule has 13 heavy (non-hydrogen) atoms. The maximum absolute atomic E-state index is 5.70. The molecule has 3 atom stereocenters. The van der Waals surface area contributed by atoms with E-state index in [0.717, 1.165) is 32.0 Å². The SMILES string of the molecule is N[C@H]1C[C@@H]1CCOC1CCCCO1. The minimum absolute atomic E-state index is 0.0729. The molecule has 2 aliphatic rings. The Kier molecular flexibility index (Phi) is 3.19. The molecule has 1 saturated heterocycles. The van der Waals surface area contributed by atoms with Crippen LogP contribution in [0.25, 0.3) is 0 Å². The summed E-state index contributed by atoms with van der Waals surface area (Å²) in [5.74, 6) is 0.726. The Hall–Kier alpha value is -0.120. The van der Waals surface area contributed by atoms with Gasteiger partial charge in [0.15, 0.2) is 6.29 Å². The van der Waals surface area contributed by atoms with Crippen LogP contribution in [-0.2, 0) is 9.47 Å². The molecule has 0 radical (unpaired) electrons. The Bertz CT molecular complexity index is 157. The molecule has 0 aromatic heterocycles. The van der Waals surface area contributed by atoms with Gasteiger partial charge in [0.05, 0.1) is 6.61 Å². The van der Waals surface area contributed by atoms with Crippen LogP contribution in [0.4, 0.5) is 0 Å². The van der Waals surface area contributed by atoms with Gasteiger partial charge in [-0.1, -0.05) is 0 Å². The Morgan fingerprint density at radius 1 is 1.38 bits per heavy atom. The highest BCUT2D eigenvalue weighted by atomic mass is 16.7. The van der Waals surface area contributed by atoms with E-state index in [0.29, 0.717) is 6.04 Å². The Labute approximate surface area is 79.6 Å². The lowest BCUT2D eigenvalue weighted by Crippen LogP contribution is -2.23. The summed E-state index contributed by atoms with van der Waals surface area (Å²) in [6, 6.07) is 0.455. The van der Waals surface area contributed by atoms with Crippen LogP contribution >= 0.6 is 0 Å². The summed E-state index contributed by atoms with van der Waals surface area (Å²) in [7, 11) is 0. The first kappa shape index (κ1) is 9.44. The summed E-state index contributed by atoms with van der Waals surface area (Å²) in [5.41, 5.74) is 5.70. The highest BCUT2D eigenvalue weighted by Gasteiger charge is 2.32. The van der Waals surface area contributed by atoms with Crippen molar-refractivity contribution < 1.29 is 9.47 Å². The standard InChI is InChI=1S/C10H19NO2/c11-9-7-8(9)4-6-13-10-3-1-2-5-12-10/h8-10H,1-7,11H2/t8-,9-,10?/m0/s1. The number of hydrogen-bond acceptors (Lipinski definition) is 3. The monoisotopic (exact) mass is 185 g/mol. The van der Waals surface area contributed by atoms with Gasteiger partial charge in [0.2, 0.25) is 0 Å². The van der Waals surface area contributed by atoms with Gasteiger partial charge in [-0.15, -0.1) is 0 Å². The summed E-state index contributed by atoms with van der Waals surface area (Å²) in [4.78, 5) is 0. The highest BCUT2D eigenvalue weighted by molar-refractivity contribution is 4.89. The van der Waals surface area contributed by atoms with Crippen molar-refractivity contribution in [3.63, 3.8) is 0 Å². The van der Waals surface area contributed by atoms with Crippen molar-refractivity contribution in [3.8, 4) is 0 Å².